The fraction of sp³-hybridized carbons (Fsp3) is 0.333. The van der Waals surface area contributed by atoms with E-state index in [2.05, 4.69) is 21.2 Å². The van der Waals surface area contributed by atoms with Crippen LogP contribution >= 0.6 is 27.7 Å². The number of amides is 2. The normalized spacial score (nSPS) is 18.4. The minimum atomic E-state index is -1.11. The third-order valence-corrected chi connectivity index (χ3v) is 4.56. The van der Waals surface area contributed by atoms with E-state index in [1.165, 1.54) is 11.8 Å². The highest BCUT2D eigenvalue weighted by atomic mass is 79.9. The lowest BCUT2D eigenvalue weighted by molar-refractivity contribution is -0.141. The first-order valence-corrected chi connectivity index (χ1v) is 7.87. The quantitative estimate of drug-likeness (QED) is 0.774. The van der Waals surface area contributed by atoms with Gasteiger partial charge in [-0.15, -0.1) is 0 Å². The maximum Gasteiger partial charge on any atom is 0.327 e. The zero-order valence-electron chi connectivity index (χ0n) is 10.6. The molecule has 0 saturated carbocycles. The van der Waals surface area contributed by atoms with Gasteiger partial charge in [-0.3, -0.25) is 0 Å². The Balaban J connectivity index is 2.17. The van der Waals surface area contributed by atoms with Crippen LogP contribution < -0.4 is 5.32 Å². The van der Waals surface area contributed by atoms with E-state index < -0.39 is 29.7 Å². The average molecular weight is 381 g/mol. The number of aliphatic carboxylic acids is 1. The van der Waals surface area contributed by atoms with Gasteiger partial charge in [0, 0.05) is 24.1 Å². The number of rotatable bonds is 2. The number of urea groups is 1. The number of benzene rings is 1. The second-order valence-electron chi connectivity index (χ2n) is 4.30. The van der Waals surface area contributed by atoms with Crippen LogP contribution in [0.2, 0.25) is 0 Å². The molecule has 0 aliphatic carbocycles. The number of anilines is 1. The van der Waals surface area contributed by atoms with Crippen molar-refractivity contribution in [1.82, 2.24) is 4.90 Å². The number of nitrogens with one attached hydrogen (secondary N) is 1. The van der Waals surface area contributed by atoms with Gasteiger partial charge in [0.1, 0.15) is 17.7 Å². The monoisotopic (exact) mass is 380 g/mol. The molecular weight excluding hydrogens is 370 g/mol. The smallest absolute Gasteiger partial charge is 0.327 e. The summed E-state index contributed by atoms with van der Waals surface area (Å²) >= 11 is 4.33. The summed E-state index contributed by atoms with van der Waals surface area (Å²) < 4.78 is 26.7. The number of nitrogens with zero attached hydrogens (tertiary/aromatic N) is 1. The third kappa shape index (κ3) is 3.65. The molecule has 114 valence electrons. The zero-order valence-corrected chi connectivity index (χ0v) is 13.0. The van der Waals surface area contributed by atoms with E-state index in [0.29, 0.717) is 11.8 Å². The van der Waals surface area contributed by atoms with Gasteiger partial charge in [0.15, 0.2) is 0 Å². The Hall–Kier alpha value is -1.35. The SMILES string of the molecule is O=C(O)C1CSCCN1C(=O)Nc1cc(Br)c(F)cc1F. The maximum atomic E-state index is 13.6. The second kappa shape index (κ2) is 6.61. The van der Waals surface area contributed by atoms with E-state index in [-0.39, 0.29) is 22.5 Å². The molecule has 1 atom stereocenters. The van der Waals surface area contributed by atoms with Crippen molar-refractivity contribution in [2.45, 2.75) is 6.04 Å². The zero-order chi connectivity index (χ0) is 15.6. The van der Waals surface area contributed by atoms with Gasteiger partial charge in [-0.2, -0.15) is 11.8 Å². The highest BCUT2D eigenvalue weighted by molar-refractivity contribution is 9.10. The molecule has 0 spiro atoms. The lowest BCUT2D eigenvalue weighted by atomic mass is 10.2. The molecule has 5 nitrogen and oxygen atoms in total. The molecule has 1 saturated heterocycles. The van der Waals surface area contributed by atoms with Gasteiger partial charge in [-0.25, -0.2) is 18.4 Å². The topological polar surface area (TPSA) is 69.6 Å². The van der Waals surface area contributed by atoms with E-state index in [0.717, 1.165) is 11.0 Å². The molecular formula is C12H11BrF2N2O3S. The van der Waals surface area contributed by atoms with Crippen LogP contribution in [-0.4, -0.2) is 46.1 Å². The van der Waals surface area contributed by atoms with E-state index >= 15 is 0 Å². The fourth-order valence-electron chi connectivity index (χ4n) is 1.86. The van der Waals surface area contributed by atoms with Gasteiger partial charge in [0.05, 0.1) is 10.2 Å². The lowest BCUT2D eigenvalue weighted by Crippen LogP contribution is -2.51. The predicted octanol–water partition coefficient (Wildman–Crippen LogP) is 2.76. The molecule has 1 aromatic carbocycles. The molecule has 1 heterocycles. The second-order valence-corrected chi connectivity index (χ2v) is 6.30. The number of hydrogen-bond acceptors (Lipinski definition) is 3. The summed E-state index contributed by atoms with van der Waals surface area (Å²) in [4.78, 5) is 24.4. The summed E-state index contributed by atoms with van der Waals surface area (Å²) in [7, 11) is 0. The largest absolute Gasteiger partial charge is 0.480 e. The number of hydrogen-bond donors (Lipinski definition) is 2. The van der Waals surface area contributed by atoms with Crippen molar-refractivity contribution in [3.8, 4) is 0 Å². The summed E-state index contributed by atoms with van der Waals surface area (Å²) in [5.74, 6) is -1.95. The van der Waals surface area contributed by atoms with Gasteiger partial charge in [-0.05, 0) is 22.0 Å². The highest BCUT2D eigenvalue weighted by Crippen LogP contribution is 2.25. The first-order chi connectivity index (χ1) is 9.90. The Bertz CT molecular complexity index is 588. The third-order valence-electron chi connectivity index (χ3n) is 2.93. The van der Waals surface area contributed by atoms with E-state index in [9.17, 15) is 18.4 Å². The molecule has 0 bridgehead atoms. The van der Waals surface area contributed by atoms with Gasteiger partial charge >= 0.3 is 12.0 Å². The number of halogens is 3. The molecule has 2 N–H and O–H groups in total. The van der Waals surface area contributed by atoms with Crippen molar-refractivity contribution in [2.24, 2.45) is 0 Å². The van der Waals surface area contributed by atoms with Gasteiger partial charge in [0.2, 0.25) is 0 Å². The summed E-state index contributed by atoms with van der Waals surface area (Å²) in [5.41, 5.74) is -0.212. The number of carbonyl (C=O) groups is 2. The minimum Gasteiger partial charge on any atom is -0.480 e. The molecule has 2 rings (SSSR count). The van der Waals surface area contributed by atoms with E-state index in [1.54, 1.807) is 0 Å². The van der Waals surface area contributed by atoms with E-state index in [1.807, 2.05) is 0 Å². The molecule has 1 unspecified atom stereocenters. The molecule has 0 radical (unpaired) electrons. The van der Waals surface area contributed by atoms with Crippen LogP contribution in [0.15, 0.2) is 16.6 Å². The maximum absolute atomic E-state index is 13.6. The van der Waals surface area contributed by atoms with Crippen LogP contribution in [0.25, 0.3) is 0 Å². The molecule has 1 aromatic rings. The van der Waals surface area contributed by atoms with E-state index in [4.69, 9.17) is 5.11 Å². The fourth-order valence-corrected chi connectivity index (χ4v) is 3.24. The Morgan fingerprint density at radius 3 is 2.76 bits per heavy atom. The van der Waals surface area contributed by atoms with Crippen LogP contribution in [0.4, 0.5) is 19.3 Å². The number of carbonyl (C=O) groups excluding carboxylic acids is 1. The molecule has 2 amide bonds. The molecule has 1 fully saturated rings. The molecule has 1 aliphatic rings. The van der Waals surface area contributed by atoms with Crippen molar-refractivity contribution >= 4 is 45.4 Å². The molecule has 0 aromatic heterocycles. The number of carboxylic acids is 1. The lowest BCUT2D eigenvalue weighted by Gasteiger charge is -2.32. The van der Waals surface area contributed by atoms with Crippen molar-refractivity contribution < 1.29 is 23.5 Å². The van der Waals surface area contributed by atoms with Gasteiger partial charge in [-0.1, -0.05) is 0 Å². The molecule has 21 heavy (non-hydrogen) atoms. The average Bonchev–Trinajstić information content (AvgIpc) is 2.44. The summed E-state index contributed by atoms with van der Waals surface area (Å²) in [6.45, 7) is 0.247. The highest BCUT2D eigenvalue weighted by Gasteiger charge is 2.32. The van der Waals surface area contributed by atoms with Crippen LogP contribution in [0.1, 0.15) is 0 Å². The Morgan fingerprint density at radius 2 is 2.10 bits per heavy atom. The number of thioether (sulfide) groups is 1. The Kier molecular flexibility index (Phi) is 5.04. The van der Waals surface area contributed by atoms with Crippen molar-refractivity contribution in [1.29, 1.82) is 0 Å². The van der Waals surface area contributed by atoms with Crippen molar-refractivity contribution in [3.63, 3.8) is 0 Å². The minimum absolute atomic E-state index is 0.00295. The van der Waals surface area contributed by atoms with Crippen LogP contribution in [-0.2, 0) is 4.79 Å². The first kappa shape index (κ1) is 16.0. The first-order valence-electron chi connectivity index (χ1n) is 5.93. The summed E-state index contributed by atoms with van der Waals surface area (Å²) in [5, 5.41) is 11.4. The number of carboxylic acid groups (broad SMARTS) is 1. The van der Waals surface area contributed by atoms with Crippen LogP contribution in [0.5, 0.6) is 0 Å². The van der Waals surface area contributed by atoms with Gasteiger partial charge < -0.3 is 15.3 Å². The van der Waals surface area contributed by atoms with Crippen molar-refractivity contribution in [2.75, 3.05) is 23.4 Å². The predicted molar refractivity (Wildman–Crippen MR) is 78.5 cm³/mol. The summed E-state index contributed by atoms with van der Waals surface area (Å²) in [6.07, 6.45) is 0. The molecule has 9 heteroatoms. The Morgan fingerprint density at radius 1 is 1.38 bits per heavy atom. The summed E-state index contributed by atoms with van der Waals surface area (Å²) in [6, 6.07) is 0.0492. The Labute approximate surface area is 131 Å². The molecule has 1 aliphatic heterocycles. The van der Waals surface area contributed by atoms with Gasteiger partial charge in [0.25, 0.3) is 0 Å². The van der Waals surface area contributed by atoms with Crippen LogP contribution in [0, 0.1) is 11.6 Å². The standard InChI is InChI=1S/C12H11BrF2N2O3S/c13-6-3-9(8(15)4-7(6)14)16-12(20)17-1-2-21-5-10(17)11(18)19/h3-4,10H,1-2,5H2,(H,16,20)(H,18,19). The van der Waals surface area contributed by atoms with Crippen LogP contribution in [0.3, 0.4) is 0 Å². The van der Waals surface area contributed by atoms with Crippen molar-refractivity contribution in [3.05, 3.63) is 28.2 Å².